The van der Waals surface area contributed by atoms with E-state index in [1.165, 1.54) is 6.42 Å². The first-order valence-electron chi connectivity index (χ1n) is 5.44. The van der Waals surface area contributed by atoms with Gasteiger partial charge in [-0.2, -0.15) is 0 Å². The Balaban J connectivity index is 2.52. The van der Waals surface area contributed by atoms with Crippen LogP contribution in [0.5, 0.6) is 0 Å². The van der Waals surface area contributed by atoms with Crippen LogP contribution in [0.15, 0.2) is 24.7 Å². The smallest absolute Gasteiger partial charge is 0.160 e. The molecule has 2 aromatic rings. The summed E-state index contributed by atoms with van der Waals surface area (Å²) in [6.45, 7) is 6.66. The Morgan fingerprint density at radius 1 is 1.33 bits per heavy atom. The molecule has 0 spiro atoms. The first-order chi connectivity index (χ1) is 7.15. The van der Waals surface area contributed by atoms with Gasteiger partial charge in [0.2, 0.25) is 0 Å². The van der Waals surface area contributed by atoms with E-state index in [0.29, 0.717) is 0 Å². The molecule has 0 amide bonds. The monoisotopic (exact) mass is 203 g/mol. The van der Waals surface area contributed by atoms with E-state index in [1.54, 1.807) is 0 Å². The lowest BCUT2D eigenvalue weighted by Crippen LogP contribution is -2.25. The topological polar surface area (TPSA) is 30.7 Å². The van der Waals surface area contributed by atoms with E-state index in [4.69, 9.17) is 0 Å². The van der Waals surface area contributed by atoms with Crippen molar-refractivity contribution in [1.82, 2.24) is 14.5 Å². The summed E-state index contributed by atoms with van der Waals surface area (Å²) in [6, 6.07) is 3.92. The fourth-order valence-electron chi connectivity index (χ4n) is 2.02. The number of hydrogen-bond donors (Lipinski definition) is 0. The lowest BCUT2D eigenvalue weighted by Gasteiger charge is -2.26. The highest BCUT2D eigenvalue weighted by molar-refractivity contribution is 5.70. The minimum absolute atomic E-state index is 0.0951. The summed E-state index contributed by atoms with van der Waals surface area (Å²) in [5.41, 5.74) is 2.05. The van der Waals surface area contributed by atoms with E-state index >= 15 is 0 Å². The molecule has 3 heteroatoms. The molecule has 0 aliphatic carbocycles. The molecule has 0 atom stereocenters. The number of imidazole rings is 1. The van der Waals surface area contributed by atoms with Gasteiger partial charge in [0.25, 0.3) is 0 Å². The summed E-state index contributed by atoms with van der Waals surface area (Å²) in [4.78, 5) is 8.76. The number of aromatic nitrogens is 3. The molecule has 2 rings (SSSR count). The van der Waals surface area contributed by atoms with E-state index in [9.17, 15) is 0 Å². The maximum Gasteiger partial charge on any atom is 0.160 e. The molecule has 0 saturated carbocycles. The second-order valence-corrected chi connectivity index (χ2v) is 4.52. The van der Waals surface area contributed by atoms with Crippen molar-refractivity contribution in [2.45, 2.75) is 39.2 Å². The van der Waals surface area contributed by atoms with Crippen LogP contribution in [-0.4, -0.2) is 14.5 Å². The van der Waals surface area contributed by atoms with Crippen LogP contribution in [-0.2, 0) is 5.54 Å². The van der Waals surface area contributed by atoms with Gasteiger partial charge >= 0.3 is 0 Å². The van der Waals surface area contributed by atoms with Gasteiger partial charge in [-0.1, -0.05) is 13.3 Å². The van der Waals surface area contributed by atoms with E-state index < -0.39 is 0 Å². The average Bonchev–Trinajstić information content (AvgIpc) is 2.61. The Labute approximate surface area is 90.2 Å². The Morgan fingerprint density at radius 2 is 2.13 bits per heavy atom. The standard InChI is InChI=1S/C12H17N3/c1-4-7-12(2,3)15-9-14-10-6-5-8-13-11(10)15/h5-6,8-9H,4,7H2,1-3H3. The summed E-state index contributed by atoms with van der Waals surface area (Å²) in [5.74, 6) is 0. The molecule has 0 bridgehead atoms. The van der Waals surface area contributed by atoms with Crippen LogP contribution in [0.2, 0.25) is 0 Å². The Kier molecular flexibility index (Phi) is 2.47. The maximum absolute atomic E-state index is 4.39. The number of fused-ring (bicyclic) bond motifs is 1. The van der Waals surface area contributed by atoms with Crippen LogP contribution in [0.3, 0.4) is 0 Å². The van der Waals surface area contributed by atoms with Gasteiger partial charge in [0.05, 0.1) is 6.33 Å². The lowest BCUT2D eigenvalue weighted by atomic mass is 9.99. The van der Waals surface area contributed by atoms with Crippen molar-refractivity contribution in [3.05, 3.63) is 24.7 Å². The van der Waals surface area contributed by atoms with Gasteiger partial charge in [0.15, 0.2) is 5.65 Å². The third kappa shape index (κ3) is 1.74. The van der Waals surface area contributed by atoms with E-state index in [2.05, 4.69) is 35.3 Å². The largest absolute Gasteiger partial charge is 0.310 e. The molecule has 0 N–H and O–H groups in total. The molecule has 0 aromatic carbocycles. The third-order valence-electron chi connectivity index (χ3n) is 2.82. The van der Waals surface area contributed by atoms with Crippen molar-refractivity contribution in [2.75, 3.05) is 0 Å². The molecular weight excluding hydrogens is 186 g/mol. The van der Waals surface area contributed by atoms with Crippen LogP contribution in [0.4, 0.5) is 0 Å². The van der Waals surface area contributed by atoms with Gasteiger partial charge in [0.1, 0.15) is 5.52 Å². The minimum atomic E-state index is 0.0951. The molecule has 0 aliphatic rings. The van der Waals surface area contributed by atoms with Gasteiger partial charge in [-0.25, -0.2) is 9.97 Å². The predicted octanol–water partition coefficient (Wildman–Crippen LogP) is 2.97. The van der Waals surface area contributed by atoms with Crippen LogP contribution < -0.4 is 0 Å². The summed E-state index contributed by atoms with van der Waals surface area (Å²) in [5, 5.41) is 0. The highest BCUT2D eigenvalue weighted by Gasteiger charge is 2.21. The fraction of sp³-hybridized carbons (Fsp3) is 0.500. The highest BCUT2D eigenvalue weighted by Crippen LogP contribution is 2.25. The molecule has 0 unspecified atom stereocenters. The first kappa shape index (κ1) is 10.1. The van der Waals surface area contributed by atoms with Gasteiger partial charge in [-0.3, -0.25) is 0 Å². The summed E-state index contributed by atoms with van der Waals surface area (Å²) >= 11 is 0. The second-order valence-electron chi connectivity index (χ2n) is 4.52. The Hall–Kier alpha value is -1.38. The summed E-state index contributed by atoms with van der Waals surface area (Å²) in [6.07, 6.45) is 6.02. The number of nitrogens with zero attached hydrogens (tertiary/aromatic N) is 3. The SMILES string of the molecule is CCCC(C)(C)n1cnc2cccnc21. The maximum atomic E-state index is 4.39. The van der Waals surface area contributed by atoms with Crippen LogP contribution in [0.25, 0.3) is 11.2 Å². The molecule has 2 heterocycles. The van der Waals surface area contributed by atoms with Crippen molar-refractivity contribution < 1.29 is 0 Å². The molecule has 0 aliphatic heterocycles. The zero-order valence-electron chi connectivity index (χ0n) is 9.57. The van der Waals surface area contributed by atoms with E-state index in [1.807, 2.05) is 24.7 Å². The molecule has 80 valence electrons. The van der Waals surface area contributed by atoms with Crippen molar-refractivity contribution in [3.8, 4) is 0 Å². The Morgan fingerprint density at radius 3 is 2.87 bits per heavy atom. The number of pyridine rings is 1. The van der Waals surface area contributed by atoms with Crippen molar-refractivity contribution in [1.29, 1.82) is 0 Å². The van der Waals surface area contributed by atoms with E-state index in [0.717, 1.165) is 17.6 Å². The molecule has 0 radical (unpaired) electrons. The van der Waals surface area contributed by atoms with Crippen molar-refractivity contribution in [2.24, 2.45) is 0 Å². The van der Waals surface area contributed by atoms with Crippen molar-refractivity contribution in [3.63, 3.8) is 0 Å². The van der Waals surface area contributed by atoms with E-state index in [-0.39, 0.29) is 5.54 Å². The lowest BCUT2D eigenvalue weighted by molar-refractivity contribution is 0.331. The molecule has 15 heavy (non-hydrogen) atoms. The molecule has 0 saturated heterocycles. The average molecular weight is 203 g/mol. The fourth-order valence-corrected chi connectivity index (χ4v) is 2.02. The van der Waals surface area contributed by atoms with Gasteiger partial charge in [-0.05, 0) is 32.4 Å². The van der Waals surface area contributed by atoms with Crippen LogP contribution in [0.1, 0.15) is 33.6 Å². The van der Waals surface area contributed by atoms with Crippen LogP contribution >= 0.6 is 0 Å². The predicted molar refractivity (Wildman–Crippen MR) is 61.8 cm³/mol. The molecule has 0 fully saturated rings. The van der Waals surface area contributed by atoms with Crippen LogP contribution in [0, 0.1) is 0 Å². The zero-order chi connectivity index (χ0) is 10.9. The quantitative estimate of drug-likeness (QED) is 0.767. The number of rotatable bonds is 3. The van der Waals surface area contributed by atoms with Gasteiger partial charge < -0.3 is 4.57 Å². The second kappa shape index (κ2) is 3.65. The molecule has 2 aromatic heterocycles. The highest BCUT2D eigenvalue weighted by atomic mass is 15.1. The Bertz CT molecular complexity index is 457. The number of hydrogen-bond acceptors (Lipinski definition) is 2. The van der Waals surface area contributed by atoms with Crippen molar-refractivity contribution >= 4 is 11.2 Å². The van der Waals surface area contributed by atoms with Gasteiger partial charge in [0, 0.05) is 11.7 Å². The minimum Gasteiger partial charge on any atom is -0.310 e. The summed E-state index contributed by atoms with van der Waals surface area (Å²) in [7, 11) is 0. The normalized spacial score (nSPS) is 12.2. The first-order valence-corrected chi connectivity index (χ1v) is 5.44. The zero-order valence-corrected chi connectivity index (χ0v) is 9.57. The molecular formula is C12H17N3. The third-order valence-corrected chi connectivity index (χ3v) is 2.82. The molecule has 3 nitrogen and oxygen atoms in total. The summed E-state index contributed by atoms with van der Waals surface area (Å²) < 4.78 is 2.17. The van der Waals surface area contributed by atoms with Gasteiger partial charge in [-0.15, -0.1) is 0 Å².